The first-order valence-corrected chi connectivity index (χ1v) is 7.83. The van der Waals surface area contributed by atoms with E-state index >= 15 is 0 Å². The lowest BCUT2D eigenvalue weighted by Gasteiger charge is -2.13. The van der Waals surface area contributed by atoms with Crippen LogP contribution in [0.25, 0.3) is 0 Å². The summed E-state index contributed by atoms with van der Waals surface area (Å²) >= 11 is 0.945. The predicted octanol–water partition coefficient (Wildman–Crippen LogP) is 2.10. The topological polar surface area (TPSA) is 81.2 Å². The maximum absolute atomic E-state index is 12.8. The number of nitrogens with zero attached hydrogens (tertiary/aromatic N) is 2. The number of hydrogen-bond acceptors (Lipinski definition) is 6. The van der Waals surface area contributed by atoms with E-state index in [0.717, 1.165) is 17.1 Å². The van der Waals surface area contributed by atoms with Crippen molar-refractivity contribution < 1.29 is 18.7 Å². The molecule has 1 N–H and O–H groups in total. The Morgan fingerprint density at radius 1 is 1.35 bits per heavy atom. The number of aryl methyl sites for hydroxylation is 1. The van der Waals surface area contributed by atoms with Crippen LogP contribution < -0.4 is 5.32 Å². The lowest BCUT2D eigenvalue weighted by Crippen LogP contribution is -2.35. The van der Waals surface area contributed by atoms with Gasteiger partial charge < -0.3 is 10.1 Å². The Hall–Kier alpha value is -2.35. The van der Waals surface area contributed by atoms with Crippen molar-refractivity contribution in [2.24, 2.45) is 0 Å². The quantitative estimate of drug-likeness (QED) is 0.817. The summed E-state index contributed by atoms with van der Waals surface area (Å²) in [4.78, 5) is 24.3. The monoisotopic (exact) mass is 337 g/mol. The lowest BCUT2D eigenvalue weighted by atomic mass is 10.2. The van der Waals surface area contributed by atoms with Gasteiger partial charge in [-0.25, -0.2) is 9.18 Å². The molecule has 23 heavy (non-hydrogen) atoms. The number of ether oxygens (including phenoxy) is 1. The van der Waals surface area contributed by atoms with Gasteiger partial charge in [0.05, 0.1) is 5.69 Å². The number of halogens is 1. The second-order valence-corrected chi connectivity index (χ2v) is 5.55. The van der Waals surface area contributed by atoms with Crippen molar-refractivity contribution in [1.29, 1.82) is 0 Å². The molecule has 1 aromatic heterocycles. The average molecular weight is 337 g/mol. The number of hydrogen-bond donors (Lipinski definition) is 1. The molecule has 8 heteroatoms. The molecule has 0 saturated heterocycles. The lowest BCUT2D eigenvalue weighted by molar-refractivity contribution is -0.129. The van der Waals surface area contributed by atoms with Crippen LogP contribution in [0.2, 0.25) is 0 Å². The van der Waals surface area contributed by atoms with Crippen LogP contribution in [-0.2, 0) is 22.5 Å². The largest absolute Gasteiger partial charge is 0.448 e. The van der Waals surface area contributed by atoms with Gasteiger partial charge in [0, 0.05) is 6.54 Å². The zero-order valence-electron chi connectivity index (χ0n) is 12.7. The molecule has 1 amide bonds. The third kappa shape index (κ3) is 4.56. The first-order valence-electron chi connectivity index (χ1n) is 7.05. The highest BCUT2D eigenvalue weighted by Gasteiger charge is 2.22. The zero-order chi connectivity index (χ0) is 16.8. The van der Waals surface area contributed by atoms with Crippen LogP contribution in [0.4, 0.5) is 4.39 Å². The summed E-state index contributed by atoms with van der Waals surface area (Å²) in [5.74, 6) is -1.38. The van der Waals surface area contributed by atoms with Crippen molar-refractivity contribution >= 4 is 23.4 Å². The highest BCUT2D eigenvalue weighted by atomic mass is 32.1. The normalized spacial score (nSPS) is 11.8. The smallest absolute Gasteiger partial charge is 0.352 e. The molecule has 0 aliphatic rings. The van der Waals surface area contributed by atoms with Crippen LogP contribution in [0.5, 0.6) is 0 Å². The van der Waals surface area contributed by atoms with E-state index in [-0.39, 0.29) is 12.4 Å². The first kappa shape index (κ1) is 17.0. The fraction of sp³-hybridized carbons (Fsp3) is 0.333. The van der Waals surface area contributed by atoms with Crippen molar-refractivity contribution in [3.05, 3.63) is 46.2 Å². The molecular weight excluding hydrogens is 321 g/mol. The van der Waals surface area contributed by atoms with Crippen molar-refractivity contribution in [2.45, 2.75) is 32.9 Å². The molecule has 6 nitrogen and oxygen atoms in total. The summed E-state index contributed by atoms with van der Waals surface area (Å²) in [5.41, 5.74) is 1.30. The molecule has 0 spiro atoms. The minimum absolute atomic E-state index is 0.226. The number of benzene rings is 1. The minimum atomic E-state index is -0.949. The Morgan fingerprint density at radius 2 is 2.04 bits per heavy atom. The van der Waals surface area contributed by atoms with Gasteiger partial charge in [0.15, 0.2) is 11.0 Å². The van der Waals surface area contributed by atoms with E-state index in [1.807, 2.05) is 6.92 Å². The predicted molar refractivity (Wildman–Crippen MR) is 82.4 cm³/mol. The SMILES string of the molecule is CCc1nnsc1C(=O)O[C@@H](C)C(=O)NCc1ccc(F)cc1. The third-order valence-electron chi connectivity index (χ3n) is 3.11. The maximum atomic E-state index is 12.8. The summed E-state index contributed by atoms with van der Waals surface area (Å²) in [7, 11) is 0. The van der Waals surface area contributed by atoms with Gasteiger partial charge in [0.25, 0.3) is 5.91 Å². The van der Waals surface area contributed by atoms with E-state index < -0.39 is 18.0 Å². The van der Waals surface area contributed by atoms with Gasteiger partial charge in [-0.15, -0.1) is 5.10 Å². The molecule has 0 aliphatic carbocycles. The van der Waals surface area contributed by atoms with Crippen molar-refractivity contribution in [3.8, 4) is 0 Å². The Labute approximate surface area is 136 Å². The molecule has 1 aromatic carbocycles. The van der Waals surface area contributed by atoms with Gasteiger partial charge in [0.1, 0.15) is 5.82 Å². The second kappa shape index (κ2) is 7.77. The van der Waals surface area contributed by atoms with Crippen LogP contribution in [0.3, 0.4) is 0 Å². The summed E-state index contributed by atoms with van der Waals surface area (Å²) in [5, 5.41) is 6.46. The van der Waals surface area contributed by atoms with Gasteiger partial charge in [-0.3, -0.25) is 4.79 Å². The van der Waals surface area contributed by atoms with Gasteiger partial charge in [-0.05, 0) is 42.6 Å². The molecule has 0 fully saturated rings. The molecule has 0 bridgehead atoms. The number of rotatable bonds is 6. The first-order chi connectivity index (χ1) is 11.0. The van der Waals surface area contributed by atoms with Crippen LogP contribution in [0.15, 0.2) is 24.3 Å². The number of carbonyl (C=O) groups excluding carboxylic acids is 2. The molecule has 2 rings (SSSR count). The number of nitrogens with one attached hydrogen (secondary N) is 1. The van der Waals surface area contributed by atoms with E-state index in [2.05, 4.69) is 14.9 Å². The summed E-state index contributed by atoms with van der Waals surface area (Å²) in [6.07, 6.45) is -0.388. The number of carbonyl (C=O) groups is 2. The van der Waals surface area contributed by atoms with Crippen LogP contribution in [-0.4, -0.2) is 27.6 Å². The standard InChI is InChI=1S/C15H16FN3O3S/c1-3-12-13(23-19-18-12)15(21)22-9(2)14(20)17-8-10-4-6-11(16)7-5-10/h4-7,9H,3,8H2,1-2H3,(H,17,20)/t9-/m0/s1. The Balaban J connectivity index is 1.87. The van der Waals surface area contributed by atoms with Crippen LogP contribution in [0.1, 0.15) is 34.8 Å². The fourth-order valence-corrected chi connectivity index (χ4v) is 2.43. The Bertz CT molecular complexity index is 688. The molecule has 1 atom stereocenters. The molecule has 2 aromatic rings. The molecule has 0 radical (unpaired) electrons. The van der Waals surface area contributed by atoms with Crippen LogP contribution in [0, 0.1) is 5.82 Å². The van der Waals surface area contributed by atoms with E-state index in [4.69, 9.17) is 4.74 Å². The molecule has 0 unspecified atom stereocenters. The zero-order valence-corrected chi connectivity index (χ0v) is 13.5. The molecule has 1 heterocycles. The molecule has 0 aliphatic heterocycles. The highest BCUT2D eigenvalue weighted by Crippen LogP contribution is 2.13. The highest BCUT2D eigenvalue weighted by molar-refractivity contribution is 7.07. The van der Waals surface area contributed by atoms with Gasteiger partial charge in [-0.1, -0.05) is 23.5 Å². The average Bonchev–Trinajstić information content (AvgIpc) is 3.02. The summed E-state index contributed by atoms with van der Waals surface area (Å²) < 4.78 is 21.6. The van der Waals surface area contributed by atoms with Gasteiger partial charge in [0.2, 0.25) is 0 Å². The van der Waals surface area contributed by atoms with Gasteiger partial charge >= 0.3 is 5.97 Å². The van der Waals surface area contributed by atoms with E-state index in [1.54, 1.807) is 12.1 Å². The summed E-state index contributed by atoms with van der Waals surface area (Å²) in [6, 6.07) is 5.77. The molecular formula is C15H16FN3O3S. The maximum Gasteiger partial charge on any atom is 0.352 e. The van der Waals surface area contributed by atoms with Gasteiger partial charge in [-0.2, -0.15) is 0 Å². The number of amides is 1. The van der Waals surface area contributed by atoms with Crippen molar-refractivity contribution in [2.75, 3.05) is 0 Å². The fourth-order valence-electron chi connectivity index (χ4n) is 1.80. The van der Waals surface area contributed by atoms with E-state index in [9.17, 15) is 14.0 Å². The number of esters is 1. The number of aromatic nitrogens is 2. The Kier molecular flexibility index (Phi) is 5.75. The van der Waals surface area contributed by atoms with Crippen LogP contribution >= 0.6 is 11.5 Å². The van der Waals surface area contributed by atoms with E-state index in [0.29, 0.717) is 17.0 Å². The minimum Gasteiger partial charge on any atom is -0.448 e. The van der Waals surface area contributed by atoms with Crippen molar-refractivity contribution in [1.82, 2.24) is 14.9 Å². The Morgan fingerprint density at radius 3 is 2.70 bits per heavy atom. The van der Waals surface area contributed by atoms with Crippen molar-refractivity contribution in [3.63, 3.8) is 0 Å². The summed E-state index contributed by atoms with van der Waals surface area (Å²) in [6.45, 7) is 3.56. The third-order valence-corrected chi connectivity index (χ3v) is 3.86. The van der Waals surface area contributed by atoms with E-state index in [1.165, 1.54) is 19.1 Å². The molecule has 122 valence electrons. The molecule has 0 saturated carbocycles. The second-order valence-electron chi connectivity index (χ2n) is 4.79.